The van der Waals surface area contributed by atoms with Crippen molar-refractivity contribution in [3.8, 4) is 5.88 Å². The first-order chi connectivity index (χ1) is 8.86. The lowest BCUT2D eigenvalue weighted by Crippen LogP contribution is -2.39. The minimum atomic E-state index is 0.238. The Morgan fingerprint density at radius 1 is 1.32 bits per heavy atom. The number of nitrogens with zero attached hydrogens (tertiary/aromatic N) is 2. The van der Waals surface area contributed by atoms with Gasteiger partial charge in [0.1, 0.15) is 17.6 Å². The van der Waals surface area contributed by atoms with E-state index < -0.39 is 0 Å². The van der Waals surface area contributed by atoms with Crippen LogP contribution in [0.5, 0.6) is 5.88 Å². The summed E-state index contributed by atoms with van der Waals surface area (Å²) in [6.45, 7) is 9.04. The maximum absolute atomic E-state index is 6.22. The number of rotatable bonds is 2. The van der Waals surface area contributed by atoms with Gasteiger partial charge in [-0.25, -0.2) is 9.97 Å². The molecule has 2 fully saturated rings. The number of halogens is 1. The van der Waals surface area contributed by atoms with Gasteiger partial charge in [-0.3, -0.25) is 0 Å². The van der Waals surface area contributed by atoms with E-state index in [-0.39, 0.29) is 11.5 Å². The van der Waals surface area contributed by atoms with Crippen LogP contribution < -0.4 is 4.74 Å². The molecule has 19 heavy (non-hydrogen) atoms. The van der Waals surface area contributed by atoms with Gasteiger partial charge in [-0.1, -0.05) is 32.4 Å². The third-order valence-corrected chi connectivity index (χ3v) is 6.33. The van der Waals surface area contributed by atoms with Crippen molar-refractivity contribution in [2.45, 2.75) is 53.1 Å². The summed E-state index contributed by atoms with van der Waals surface area (Å²) < 4.78 is 6.22. The molecule has 4 heteroatoms. The molecule has 1 aromatic heterocycles. The Hall–Kier alpha value is -0.830. The number of fused-ring (bicyclic) bond motifs is 2. The Morgan fingerprint density at radius 2 is 2.05 bits per heavy atom. The van der Waals surface area contributed by atoms with E-state index in [1.807, 2.05) is 6.92 Å². The second-order valence-corrected chi connectivity index (χ2v) is 7.17. The van der Waals surface area contributed by atoms with Crippen molar-refractivity contribution in [1.29, 1.82) is 0 Å². The number of aromatic nitrogens is 2. The zero-order valence-electron chi connectivity index (χ0n) is 12.0. The number of ether oxygens (including phenoxy) is 1. The minimum absolute atomic E-state index is 0.238. The Labute approximate surface area is 119 Å². The predicted octanol–water partition coefficient (Wildman–Crippen LogP) is 4.03. The molecule has 1 aromatic rings. The van der Waals surface area contributed by atoms with E-state index in [9.17, 15) is 0 Å². The van der Waals surface area contributed by atoms with Crippen molar-refractivity contribution in [2.75, 3.05) is 0 Å². The maximum atomic E-state index is 6.22. The average Bonchev–Trinajstić information content (AvgIpc) is 2.68. The fourth-order valence-corrected chi connectivity index (χ4v) is 4.10. The summed E-state index contributed by atoms with van der Waals surface area (Å²) in [7, 11) is 0. The molecule has 2 aliphatic rings. The summed E-state index contributed by atoms with van der Waals surface area (Å²) >= 11 is 6.04. The van der Waals surface area contributed by atoms with Crippen LogP contribution in [-0.2, 0) is 0 Å². The molecular weight excluding hydrogens is 260 g/mol. The van der Waals surface area contributed by atoms with Gasteiger partial charge in [0.25, 0.3) is 0 Å². The van der Waals surface area contributed by atoms with Crippen LogP contribution in [0.3, 0.4) is 0 Å². The van der Waals surface area contributed by atoms with Gasteiger partial charge in [0, 0.05) is 11.0 Å². The van der Waals surface area contributed by atoms with E-state index >= 15 is 0 Å². The van der Waals surface area contributed by atoms with Crippen molar-refractivity contribution in [3.05, 3.63) is 17.0 Å². The molecule has 3 atom stereocenters. The van der Waals surface area contributed by atoms with Crippen LogP contribution in [0, 0.1) is 23.7 Å². The first kappa shape index (κ1) is 13.2. The van der Waals surface area contributed by atoms with Gasteiger partial charge in [-0.2, -0.15) is 0 Å². The van der Waals surface area contributed by atoms with Crippen LogP contribution in [-0.4, -0.2) is 16.1 Å². The highest BCUT2D eigenvalue weighted by atomic mass is 35.5. The lowest BCUT2D eigenvalue weighted by atomic mass is 9.70. The quantitative estimate of drug-likeness (QED) is 0.767. The van der Waals surface area contributed by atoms with E-state index in [1.54, 1.807) is 0 Å². The van der Waals surface area contributed by atoms with E-state index in [0.717, 1.165) is 17.9 Å². The fourth-order valence-electron chi connectivity index (χ4n) is 3.98. The van der Waals surface area contributed by atoms with E-state index in [2.05, 4.69) is 30.7 Å². The third-order valence-electron chi connectivity index (χ3n) is 5.94. The summed E-state index contributed by atoms with van der Waals surface area (Å²) in [5, 5.41) is 0.484. The molecular formula is C15H21ClN2O. The molecule has 2 aliphatic carbocycles. The van der Waals surface area contributed by atoms with E-state index in [4.69, 9.17) is 16.3 Å². The largest absolute Gasteiger partial charge is 0.473 e. The highest BCUT2D eigenvalue weighted by Crippen LogP contribution is 2.66. The smallest absolute Gasteiger partial charge is 0.221 e. The Kier molecular flexibility index (Phi) is 2.83. The molecule has 2 saturated carbocycles. The Morgan fingerprint density at radius 3 is 2.63 bits per heavy atom. The standard InChI is InChI=1S/C15H21ClN2O/c1-9-12(16)17-8-18-13(9)19-11-7-10-5-6-15(11,4)14(10,2)3/h8,10-11H,5-7H2,1-4H3. The average molecular weight is 281 g/mol. The van der Waals surface area contributed by atoms with Crippen LogP contribution in [0.15, 0.2) is 6.33 Å². The molecule has 0 aliphatic heterocycles. The van der Waals surface area contributed by atoms with Gasteiger partial charge >= 0.3 is 0 Å². The van der Waals surface area contributed by atoms with Crippen molar-refractivity contribution < 1.29 is 4.74 Å². The number of hydrogen-bond donors (Lipinski definition) is 0. The zero-order chi connectivity index (χ0) is 13.8. The van der Waals surface area contributed by atoms with Crippen molar-refractivity contribution >= 4 is 11.6 Å². The highest BCUT2D eigenvalue weighted by molar-refractivity contribution is 6.30. The molecule has 1 heterocycles. The van der Waals surface area contributed by atoms with Gasteiger partial charge in [0.15, 0.2) is 0 Å². The van der Waals surface area contributed by atoms with Crippen molar-refractivity contribution in [1.82, 2.24) is 9.97 Å². The zero-order valence-corrected chi connectivity index (χ0v) is 12.8. The van der Waals surface area contributed by atoms with Crippen LogP contribution in [0.4, 0.5) is 0 Å². The number of hydrogen-bond acceptors (Lipinski definition) is 3. The third kappa shape index (κ3) is 1.70. The molecule has 3 unspecified atom stereocenters. The topological polar surface area (TPSA) is 35.0 Å². The van der Waals surface area contributed by atoms with Crippen LogP contribution in [0.1, 0.15) is 45.6 Å². The lowest BCUT2D eigenvalue weighted by molar-refractivity contribution is 0.0267. The second kappa shape index (κ2) is 4.08. The van der Waals surface area contributed by atoms with Gasteiger partial charge in [0.2, 0.25) is 5.88 Å². The van der Waals surface area contributed by atoms with Crippen LogP contribution >= 0.6 is 11.6 Å². The molecule has 2 bridgehead atoms. The maximum Gasteiger partial charge on any atom is 0.221 e. The summed E-state index contributed by atoms with van der Waals surface area (Å²) in [5.41, 5.74) is 1.43. The van der Waals surface area contributed by atoms with Gasteiger partial charge < -0.3 is 4.74 Å². The fraction of sp³-hybridized carbons (Fsp3) is 0.733. The molecule has 3 nitrogen and oxygen atoms in total. The van der Waals surface area contributed by atoms with E-state index in [1.165, 1.54) is 19.2 Å². The molecule has 0 spiro atoms. The molecule has 0 N–H and O–H groups in total. The molecule has 3 rings (SSSR count). The molecule has 0 amide bonds. The highest BCUT2D eigenvalue weighted by Gasteiger charge is 2.62. The van der Waals surface area contributed by atoms with Crippen LogP contribution in [0.2, 0.25) is 5.15 Å². The first-order valence-corrected chi connectivity index (χ1v) is 7.38. The normalized spacial score (nSPS) is 35.6. The Balaban J connectivity index is 1.88. The van der Waals surface area contributed by atoms with Crippen LogP contribution in [0.25, 0.3) is 0 Å². The van der Waals surface area contributed by atoms with Crippen molar-refractivity contribution in [3.63, 3.8) is 0 Å². The van der Waals surface area contributed by atoms with E-state index in [0.29, 0.717) is 16.4 Å². The molecule has 0 radical (unpaired) electrons. The summed E-state index contributed by atoms with van der Waals surface area (Å²) in [6, 6.07) is 0. The summed E-state index contributed by atoms with van der Waals surface area (Å²) in [6.07, 6.45) is 5.42. The molecule has 0 saturated heterocycles. The van der Waals surface area contributed by atoms with Gasteiger partial charge in [-0.15, -0.1) is 0 Å². The Bertz CT molecular complexity index is 517. The summed E-state index contributed by atoms with van der Waals surface area (Å²) in [4.78, 5) is 8.23. The molecule has 104 valence electrons. The first-order valence-electron chi connectivity index (χ1n) is 7.00. The second-order valence-electron chi connectivity index (χ2n) is 6.81. The summed E-state index contributed by atoms with van der Waals surface area (Å²) in [5.74, 6) is 1.41. The lowest BCUT2D eigenvalue weighted by Gasteiger charge is -2.38. The minimum Gasteiger partial charge on any atom is -0.473 e. The van der Waals surface area contributed by atoms with Gasteiger partial charge in [0.05, 0.1) is 0 Å². The predicted molar refractivity (Wildman–Crippen MR) is 75.4 cm³/mol. The SMILES string of the molecule is Cc1c(Cl)ncnc1OC1CC2CCC1(C)C2(C)C. The molecule has 0 aromatic carbocycles. The van der Waals surface area contributed by atoms with Gasteiger partial charge in [-0.05, 0) is 37.5 Å². The monoisotopic (exact) mass is 280 g/mol. The van der Waals surface area contributed by atoms with Crippen molar-refractivity contribution in [2.24, 2.45) is 16.7 Å².